The fourth-order valence-corrected chi connectivity index (χ4v) is 3.25. The Hall–Kier alpha value is -0.700. The minimum Gasteiger partial charge on any atom is -0.392 e. The van der Waals surface area contributed by atoms with Gasteiger partial charge in [0, 0.05) is 30.4 Å². The normalized spacial score (nSPS) is 19.8. The van der Waals surface area contributed by atoms with Gasteiger partial charge in [0.15, 0.2) is 0 Å². The predicted octanol–water partition coefficient (Wildman–Crippen LogP) is 1.05. The van der Waals surface area contributed by atoms with Gasteiger partial charge in [0.25, 0.3) is 0 Å². The molecule has 0 spiro atoms. The molecule has 1 aliphatic rings. The fourth-order valence-electron chi connectivity index (χ4n) is 1.83. The molecule has 1 aromatic rings. The molecule has 8 heteroatoms. The van der Waals surface area contributed by atoms with Gasteiger partial charge in [-0.15, -0.1) is 0 Å². The Morgan fingerprint density at radius 2 is 2.53 bits per heavy atom. The van der Waals surface area contributed by atoms with Gasteiger partial charge in [-0.25, -0.2) is 0 Å². The molecule has 2 rings (SSSR count). The number of hydrogen-bond acceptors (Lipinski definition) is 7. The summed E-state index contributed by atoms with van der Waals surface area (Å²) in [4.78, 5) is 18.0. The molecule has 1 amide bonds. The number of nitrogens with one attached hydrogen (secondary N) is 1. The van der Waals surface area contributed by atoms with Crippen LogP contribution in [0.1, 0.15) is 19.8 Å². The molecule has 1 unspecified atom stereocenters. The van der Waals surface area contributed by atoms with Crippen LogP contribution in [-0.2, 0) is 4.79 Å². The maximum Gasteiger partial charge on any atom is 0.240 e. The average molecular weight is 302 g/mol. The number of amides is 1. The van der Waals surface area contributed by atoms with Crippen molar-refractivity contribution in [1.29, 1.82) is 0 Å². The van der Waals surface area contributed by atoms with Crippen LogP contribution in [0.3, 0.4) is 0 Å². The number of carbonyl (C=O) groups excluding carboxylic acids is 1. The summed E-state index contributed by atoms with van der Waals surface area (Å²) in [5.41, 5.74) is 0. The third-order valence-corrected chi connectivity index (χ3v) is 4.50. The molecular formula is C11H18N4O2S2. The molecule has 106 valence electrons. The first-order chi connectivity index (χ1) is 9.17. The van der Waals surface area contributed by atoms with E-state index in [0.29, 0.717) is 18.2 Å². The second-order valence-corrected chi connectivity index (χ2v) is 6.27. The highest BCUT2D eigenvalue weighted by Crippen LogP contribution is 2.20. The molecule has 1 aliphatic heterocycles. The van der Waals surface area contributed by atoms with E-state index in [4.69, 9.17) is 0 Å². The van der Waals surface area contributed by atoms with Crippen LogP contribution in [-0.4, -0.2) is 56.8 Å². The lowest BCUT2D eigenvalue weighted by Crippen LogP contribution is -2.32. The van der Waals surface area contributed by atoms with Crippen LogP contribution < -0.4 is 5.32 Å². The summed E-state index contributed by atoms with van der Waals surface area (Å²) in [5.74, 6) is 0.882. The third kappa shape index (κ3) is 4.72. The Bertz CT molecular complexity index is 427. The van der Waals surface area contributed by atoms with Crippen LogP contribution in [0.5, 0.6) is 0 Å². The van der Waals surface area contributed by atoms with E-state index in [0.717, 1.165) is 30.3 Å². The van der Waals surface area contributed by atoms with Crippen molar-refractivity contribution in [2.75, 3.05) is 30.7 Å². The standard InChI is InChI=1S/C11H18N4O2S2/c1-2-5-18-11-13-10(19-14-11)12-9(17)7-15-4-3-8(16)6-15/h8,16H,2-7H2,1H3,(H,12,13,14,17). The van der Waals surface area contributed by atoms with E-state index in [-0.39, 0.29) is 12.0 Å². The third-order valence-electron chi connectivity index (χ3n) is 2.70. The van der Waals surface area contributed by atoms with Gasteiger partial charge in [0.05, 0.1) is 12.6 Å². The highest BCUT2D eigenvalue weighted by Gasteiger charge is 2.22. The minimum absolute atomic E-state index is 0.0997. The number of thioether (sulfide) groups is 1. The molecular weight excluding hydrogens is 284 g/mol. The Kier molecular flexibility index (Phi) is 5.56. The number of hydrogen-bond donors (Lipinski definition) is 2. The van der Waals surface area contributed by atoms with E-state index in [9.17, 15) is 9.90 Å². The quantitative estimate of drug-likeness (QED) is 0.765. The second kappa shape index (κ2) is 7.18. The first kappa shape index (κ1) is 14.7. The molecule has 0 aliphatic carbocycles. The Balaban J connectivity index is 1.77. The molecule has 2 heterocycles. The number of β-amino-alcohol motifs (C(OH)–C–C–N with tert-alkyl or cyclic N) is 1. The summed E-state index contributed by atoms with van der Waals surface area (Å²) in [6.45, 7) is 3.74. The van der Waals surface area contributed by atoms with Gasteiger partial charge in [-0.3, -0.25) is 15.0 Å². The summed E-state index contributed by atoms with van der Waals surface area (Å²) in [6, 6.07) is 0. The summed E-state index contributed by atoms with van der Waals surface area (Å²) >= 11 is 2.80. The number of aliphatic hydroxyl groups is 1. The van der Waals surface area contributed by atoms with Crippen LogP contribution in [0.4, 0.5) is 5.13 Å². The van der Waals surface area contributed by atoms with E-state index in [1.54, 1.807) is 11.8 Å². The van der Waals surface area contributed by atoms with Crippen molar-refractivity contribution in [2.24, 2.45) is 0 Å². The zero-order valence-corrected chi connectivity index (χ0v) is 12.5. The lowest BCUT2D eigenvalue weighted by molar-refractivity contribution is -0.117. The summed E-state index contributed by atoms with van der Waals surface area (Å²) in [5, 5.41) is 13.4. The van der Waals surface area contributed by atoms with Crippen LogP contribution >= 0.6 is 23.3 Å². The van der Waals surface area contributed by atoms with E-state index in [1.807, 2.05) is 4.90 Å². The molecule has 19 heavy (non-hydrogen) atoms. The number of anilines is 1. The molecule has 1 atom stereocenters. The van der Waals surface area contributed by atoms with Crippen molar-refractivity contribution in [3.63, 3.8) is 0 Å². The van der Waals surface area contributed by atoms with E-state index in [1.165, 1.54) is 11.5 Å². The summed E-state index contributed by atoms with van der Waals surface area (Å²) < 4.78 is 4.18. The van der Waals surface area contributed by atoms with Crippen molar-refractivity contribution in [2.45, 2.75) is 31.0 Å². The number of likely N-dealkylation sites (tertiary alicyclic amines) is 1. The van der Waals surface area contributed by atoms with Crippen LogP contribution in [0.15, 0.2) is 5.16 Å². The lowest BCUT2D eigenvalue weighted by Gasteiger charge is -2.13. The first-order valence-electron chi connectivity index (χ1n) is 6.34. The Morgan fingerprint density at radius 1 is 1.68 bits per heavy atom. The van der Waals surface area contributed by atoms with E-state index in [2.05, 4.69) is 21.6 Å². The first-order valence-corrected chi connectivity index (χ1v) is 8.10. The van der Waals surface area contributed by atoms with E-state index < -0.39 is 0 Å². The zero-order chi connectivity index (χ0) is 13.7. The highest BCUT2D eigenvalue weighted by molar-refractivity contribution is 7.99. The predicted molar refractivity (Wildman–Crippen MR) is 76.6 cm³/mol. The Labute approximate surface area is 120 Å². The fraction of sp³-hybridized carbons (Fsp3) is 0.727. The molecule has 1 saturated heterocycles. The second-order valence-electron chi connectivity index (χ2n) is 4.46. The maximum absolute atomic E-state index is 11.8. The van der Waals surface area contributed by atoms with Crippen molar-refractivity contribution >= 4 is 34.3 Å². The summed E-state index contributed by atoms with van der Waals surface area (Å²) in [7, 11) is 0. The molecule has 0 saturated carbocycles. The topological polar surface area (TPSA) is 78.4 Å². The molecule has 0 radical (unpaired) electrons. The van der Waals surface area contributed by atoms with Gasteiger partial charge in [-0.05, 0) is 12.8 Å². The van der Waals surface area contributed by atoms with Crippen molar-refractivity contribution in [3.05, 3.63) is 0 Å². The number of rotatable bonds is 6. The monoisotopic (exact) mass is 302 g/mol. The van der Waals surface area contributed by atoms with Gasteiger partial charge in [0.1, 0.15) is 0 Å². The van der Waals surface area contributed by atoms with Crippen LogP contribution in [0, 0.1) is 0 Å². The molecule has 1 fully saturated rings. The maximum atomic E-state index is 11.8. The number of carbonyl (C=O) groups is 1. The molecule has 6 nitrogen and oxygen atoms in total. The Morgan fingerprint density at radius 3 is 3.21 bits per heavy atom. The average Bonchev–Trinajstić information content (AvgIpc) is 2.96. The van der Waals surface area contributed by atoms with Gasteiger partial charge in [0.2, 0.25) is 16.2 Å². The molecule has 2 N–H and O–H groups in total. The van der Waals surface area contributed by atoms with Gasteiger partial charge < -0.3 is 5.11 Å². The molecule has 1 aromatic heterocycles. The largest absolute Gasteiger partial charge is 0.392 e. The van der Waals surface area contributed by atoms with Gasteiger partial charge >= 0.3 is 0 Å². The van der Waals surface area contributed by atoms with Crippen molar-refractivity contribution < 1.29 is 9.90 Å². The van der Waals surface area contributed by atoms with Crippen LogP contribution in [0.25, 0.3) is 0 Å². The molecule has 0 aromatic carbocycles. The smallest absolute Gasteiger partial charge is 0.240 e. The van der Waals surface area contributed by atoms with E-state index >= 15 is 0 Å². The lowest BCUT2D eigenvalue weighted by atomic mass is 10.3. The zero-order valence-electron chi connectivity index (χ0n) is 10.8. The molecule has 0 bridgehead atoms. The van der Waals surface area contributed by atoms with Crippen molar-refractivity contribution in [1.82, 2.24) is 14.3 Å². The minimum atomic E-state index is -0.300. The highest BCUT2D eigenvalue weighted by atomic mass is 32.2. The SMILES string of the molecule is CCCSc1nsc(NC(=O)CN2CCC(O)C2)n1. The summed E-state index contributed by atoms with van der Waals surface area (Å²) in [6.07, 6.45) is 1.51. The number of aliphatic hydroxyl groups excluding tert-OH is 1. The number of nitrogens with zero attached hydrogens (tertiary/aromatic N) is 3. The number of aromatic nitrogens is 2. The van der Waals surface area contributed by atoms with Crippen LogP contribution in [0.2, 0.25) is 0 Å². The van der Waals surface area contributed by atoms with Crippen molar-refractivity contribution in [3.8, 4) is 0 Å². The van der Waals surface area contributed by atoms with Gasteiger partial charge in [-0.2, -0.15) is 9.36 Å². The van der Waals surface area contributed by atoms with Gasteiger partial charge in [-0.1, -0.05) is 18.7 Å².